The van der Waals surface area contributed by atoms with Gasteiger partial charge in [0, 0.05) is 17.5 Å². The van der Waals surface area contributed by atoms with Crippen molar-refractivity contribution in [3.05, 3.63) is 24.3 Å². The topological polar surface area (TPSA) is 58.2 Å². The Morgan fingerprint density at radius 1 is 1.24 bits per heavy atom. The number of piperidine rings is 1. The number of thioether (sulfide) groups is 1. The largest absolute Gasteiger partial charge is 0.446 e. The summed E-state index contributed by atoms with van der Waals surface area (Å²) >= 11 is -0.269. The summed E-state index contributed by atoms with van der Waals surface area (Å²) in [6, 6.07) is 4.50. The van der Waals surface area contributed by atoms with E-state index in [9.17, 15) is 21.6 Å². The van der Waals surface area contributed by atoms with Gasteiger partial charge in [-0.1, -0.05) is 0 Å². The van der Waals surface area contributed by atoms with Crippen molar-refractivity contribution >= 4 is 21.8 Å². The fraction of sp³-hybridized carbons (Fsp3) is 0.500. The Balaban J connectivity index is 2.06. The predicted molar refractivity (Wildman–Crippen MR) is 74.6 cm³/mol. The number of alkyl halides is 3. The average molecular weight is 340 g/mol. The molecule has 1 aliphatic rings. The van der Waals surface area contributed by atoms with E-state index in [-0.39, 0.29) is 27.6 Å². The zero-order valence-corrected chi connectivity index (χ0v) is 12.6. The van der Waals surface area contributed by atoms with Gasteiger partial charge in [0.1, 0.15) is 0 Å². The zero-order valence-electron chi connectivity index (χ0n) is 11.0. The van der Waals surface area contributed by atoms with Crippen molar-refractivity contribution < 1.29 is 21.6 Å². The van der Waals surface area contributed by atoms with Crippen LogP contribution in [0.4, 0.5) is 13.2 Å². The van der Waals surface area contributed by atoms with Gasteiger partial charge in [-0.05, 0) is 55.4 Å². The first-order chi connectivity index (χ1) is 9.76. The van der Waals surface area contributed by atoms with E-state index >= 15 is 0 Å². The van der Waals surface area contributed by atoms with Crippen LogP contribution in [-0.2, 0) is 10.0 Å². The molecule has 1 aromatic rings. The van der Waals surface area contributed by atoms with Gasteiger partial charge in [-0.15, -0.1) is 0 Å². The molecule has 1 aromatic carbocycles. The van der Waals surface area contributed by atoms with Gasteiger partial charge in [0.2, 0.25) is 10.0 Å². The Morgan fingerprint density at radius 2 is 1.90 bits per heavy atom. The lowest BCUT2D eigenvalue weighted by molar-refractivity contribution is -0.0328. The van der Waals surface area contributed by atoms with Crippen molar-refractivity contribution in [2.45, 2.75) is 34.2 Å². The molecule has 4 nitrogen and oxygen atoms in total. The number of sulfonamides is 1. The molecule has 0 amide bonds. The van der Waals surface area contributed by atoms with Crippen LogP contribution in [0, 0.1) is 0 Å². The Labute approximate surface area is 125 Å². The normalized spacial score (nSPS) is 20.4. The molecule has 0 aromatic heterocycles. The number of rotatable bonds is 4. The van der Waals surface area contributed by atoms with E-state index in [0.29, 0.717) is 6.54 Å². The van der Waals surface area contributed by atoms with E-state index in [1.54, 1.807) is 0 Å². The van der Waals surface area contributed by atoms with E-state index in [1.165, 1.54) is 12.1 Å². The molecule has 0 aliphatic carbocycles. The van der Waals surface area contributed by atoms with E-state index in [0.717, 1.165) is 31.5 Å². The Bertz CT molecular complexity index is 567. The predicted octanol–water partition coefficient (Wildman–Crippen LogP) is 2.33. The maximum Gasteiger partial charge on any atom is 0.446 e. The first kappa shape index (κ1) is 16.6. The third kappa shape index (κ3) is 5.17. The van der Waals surface area contributed by atoms with Crippen molar-refractivity contribution in [2.75, 3.05) is 13.1 Å². The fourth-order valence-corrected chi connectivity index (χ4v) is 3.87. The monoisotopic (exact) mass is 340 g/mol. The summed E-state index contributed by atoms with van der Waals surface area (Å²) in [7, 11) is -3.70. The van der Waals surface area contributed by atoms with Crippen LogP contribution in [0.2, 0.25) is 0 Å². The minimum absolute atomic E-state index is 0.0282. The van der Waals surface area contributed by atoms with Crippen LogP contribution in [0.1, 0.15) is 12.8 Å². The lowest BCUT2D eigenvalue weighted by Crippen LogP contribution is -2.45. The van der Waals surface area contributed by atoms with Crippen LogP contribution < -0.4 is 10.0 Å². The Kier molecular flexibility index (Phi) is 5.18. The summed E-state index contributed by atoms with van der Waals surface area (Å²) in [5, 5.41) is 3.09. The summed E-state index contributed by atoms with van der Waals surface area (Å²) in [5.74, 6) is 0. The van der Waals surface area contributed by atoms with E-state index in [2.05, 4.69) is 10.0 Å². The van der Waals surface area contributed by atoms with Gasteiger partial charge in [-0.2, -0.15) is 13.2 Å². The van der Waals surface area contributed by atoms with Crippen molar-refractivity contribution in [2.24, 2.45) is 0 Å². The molecule has 1 heterocycles. The van der Waals surface area contributed by atoms with E-state index in [1.807, 2.05) is 0 Å². The second kappa shape index (κ2) is 6.55. The summed E-state index contributed by atoms with van der Waals surface area (Å²) in [4.78, 5) is -0.0691. The van der Waals surface area contributed by atoms with Crippen LogP contribution in [0.25, 0.3) is 0 Å². The first-order valence-electron chi connectivity index (χ1n) is 6.35. The van der Waals surface area contributed by atoms with Crippen LogP contribution >= 0.6 is 11.8 Å². The molecule has 1 atom stereocenters. The first-order valence-corrected chi connectivity index (χ1v) is 8.65. The molecule has 0 saturated carbocycles. The molecule has 118 valence electrons. The molecule has 2 rings (SSSR count). The van der Waals surface area contributed by atoms with Gasteiger partial charge in [0.25, 0.3) is 0 Å². The van der Waals surface area contributed by atoms with Crippen LogP contribution in [0.15, 0.2) is 34.1 Å². The minimum Gasteiger partial charge on any atom is -0.315 e. The third-order valence-corrected chi connectivity index (χ3v) is 5.26. The molecule has 1 aliphatic heterocycles. The molecular weight excluding hydrogens is 325 g/mol. The maximum absolute atomic E-state index is 12.2. The second-order valence-corrected chi connectivity index (χ2v) is 7.54. The van der Waals surface area contributed by atoms with Crippen molar-refractivity contribution in [3.8, 4) is 0 Å². The molecule has 21 heavy (non-hydrogen) atoms. The van der Waals surface area contributed by atoms with Crippen molar-refractivity contribution in [3.63, 3.8) is 0 Å². The maximum atomic E-state index is 12.2. The summed E-state index contributed by atoms with van der Waals surface area (Å²) < 4.78 is 63.4. The van der Waals surface area contributed by atoms with Crippen LogP contribution in [0.5, 0.6) is 0 Å². The van der Waals surface area contributed by atoms with Gasteiger partial charge in [-0.25, -0.2) is 13.1 Å². The lowest BCUT2D eigenvalue weighted by atomic mass is 10.1. The third-order valence-electron chi connectivity index (χ3n) is 2.99. The number of nitrogens with one attached hydrogen (secondary N) is 2. The van der Waals surface area contributed by atoms with E-state index in [4.69, 9.17) is 0 Å². The van der Waals surface area contributed by atoms with Crippen LogP contribution in [-0.4, -0.2) is 33.1 Å². The number of benzene rings is 1. The van der Waals surface area contributed by atoms with Crippen molar-refractivity contribution in [1.29, 1.82) is 0 Å². The van der Waals surface area contributed by atoms with Gasteiger partial charge >= 0.3 is 5.51 Å². The summed E-state index contributed by atoms with van der Waals surface area (Å²) in [6.07, 6.45) is 1.63. The molecule has 1 saturated heterocycles. The van der Waals surface area contributed by atoms with Gasteiger partial charge in [0.05, 0.1) is 4.90 Å². The van der Waals surface area contributed by atoms with E-state index < -0.39 is 15.5 Å². The Hall–Kier alpha value is -0.770. The Morgan fingerprint density at radius 3 is 2.43 bits per heavy atom. The highest BCUT2D eigenvalue weighted by molar-refractivity contribution is 8.00. The standard InChI is InChI=1S/C12H15F3N2O2S2/c13-12(14,15)20-10-3-5-11(6-4-10)21(18,19)17-9-2-1-7-16-8-9/h3-6,9,16-17H,1-2,7-8H2. The lowest BCUT2D eigenvalue weighted by Gasteiger charge is -2.23. The highest BCUT2D eigenvalue weighted by atomic mass is 32.2. The summed E-state index contributed by atoms with van der Waals surface area (Å²) in [5.41, 5.74) is -4.38. The zero-order chi connectivity index (χ0) is 15.5. The SMILES string of the molecule is O=S(=O)(NC1CCCNC1)c1ccc(SC(F)(F)F)cc1. The molecule has 0 radical (unpaired) electrons. The molecule has 2 N–H and O–H groups in total. The number of hydrogen-bond donors (Lipinski definition) is 2. The fourth-order valence-electron chi connectivity index (χ4n) is 2.06. The highest BCUT2D eigenvalue weighted by Crippen LogP contribution is 2.36. The molecule has 1 unspecified atom stereocenters. The quantitative estimate of drug-likeness (QED) is 0.826. The minimum atomic E-state index is -4.38. The molecule has 0 bridgehead atoms. The second-order valence-electron chi connectivity index (χ2n) is 4.68. The van der Waals surface area contributed by atoms with Crippen molar-refractivity contribution in [1.82, 2.24) is 10.0 Å². The summed E-state index contributed by atoms with van der Waals surface area (Å²) in [6.45, 7) is 1.42. The average Bonchev–Trinajstić information content (AvgIpc) is 2.38. The van der Waals surface area contributed by atoms with Crippen LogP contribution in [0.3, 0.4) is 0 Å². The molecular formula is C12H15F3N2O2S2. The molecule has 1 fully saturated rings. The smallest absolute Gasteiger partial charge is 0.315 e. The van der Waals surface area contributed by atoms with Gasteiger partial charge in [-0.3, -0.25) is 0 Å². The molecule has 0 spiro atoms. The van der Waals surface area contributed by atoms with Gasteiger partial charge < -0.3 is 5.32 Å². The molecule has 9 heteroatoms. The number of halogens is 3. The van der Waals surface area contributed by atoms with Gasteiger partial charge in [0.15, 0.2) is 0 Å². The number of hydrogen-bond acceptors (Lipinski definition) is 4. The highest BCUT2D eigenvalue weighted by Gasteiger charge is 2.29.